The molecule has 7 nitrogen and oxygen atoms in total. The maximum Gasteiger partial charge on any atom is 0.236 e. The minimum Gasteiger partial charge on any atom is -0.497 e. The van der Waals surface area contributed by atoms with Crippen molar-refractivity contribution in [1.82, 2.24) is 5.32 Å². The van der Waals surface area contributed by atoms with E-state index in [1.165, 1.54) is 11.8 Å². The van der Waals surface area contributed by atoms with Crippen molar-refractivity contribution in [2.45, 2.75) is 6.61 Å². The molecule has 1 aliphatic rings. The van der Waals surface area contributed by atoms with Gasteiger partial charge in [-0.25, -0.2) is 0 Å². The standard InChI is InChI=1S/C19H19N3O4S/c1-24-15-6-3-13(4-7-15)11-26-16-8-5-14(9-17(16)25-2)10-20-22-19-21-18(23)12-27-19/h3-10H,11-12H2,1-2H3,(H,21,22,23). The second-order valence-corrected chi connectivity index (χ2v) is 6.50. The Kier molecular flexibility index (Phi) is 6.32. The summed E-state index contributed by atoms with van der Waals surface area (Å²) in [7, 11) is 3.22. The number of rotatable bonds is 7. The first-order chi connectivity index (χ1) is 13.2. The van der Waals surface area contributed by atoms with Gasteiger partial charge in [-0.05, 0) is 41.5 Å². The van der Waals surface area contributed by atoms with Crippen molar-refractivity contribution in [3.63, 3.8) is 0 Å². The molecule has 0 radical (unpaired) electrons. The van der Waals surface area contributed by atoms with Crippen molar-refractivity contribution >= 4 is 29.1 Å². The second kappa shape index (κ2) is 9.09. The highest BCUT2D eigenvalue weighted by Crippen LogP contribution is 2.28. The Morgan fingerprint density at radius 2 is 1.93 bits per heavy atom. The van der Waals surface area contributed by atoms with Crippen molar-refractivity contribution in [1.29, 1.82) is 0 Å². The molecule has 1 amide bonds. The van der Waals surface area contributed by atoms with Crippen molar-refractivity contribution < 1.29 is 19.0 Å². The van der Waals surface area contributed by atoms with Gasteiger partial charge in [-0.3, -0.25) is 4.79 Å². The highest BCUT2D eigenvalue weighted by molar-refractivity contribution is 8.15. The molecule has 1 N–H and O–H groups in total. The third-order valence-corrected chi connectivity index (χ3v) is 4.55. The summed E-state index contributed by atoms with van der Waals surface area (Å²) in [5.74, 6) is 2.36. The monoisotopic (exact) mass is 385 g/mol. The van der Waals surface area contributed by atoms with Gasteiger partial charge in [0.25, 0.3) is 0 Å². The van der Waals surface area contributed by atoms with Crippen LogP contribution in [0.2, 0.25) is 0 Å². The van der Waals surface area contributed by atoms with Crippen LogP contribution in [-0.2, 0) is 11.4 Å². The van der Waals surface area contributed by atoms with Gasteiger partial charge < -0.3 is 19.5 Å². The van der Waals surface area contributed by atoms with E-state index < -0.39 is 0 Å². The fourth-order valence-electron chi connectivity index (χ4n) is 2.29. The Hall–Kier alpha value is -3.00. The van der Waals surface area contributed by atoms with Crippen molar-refractivity contribution in [3.8, 4) is 17.2 Å². The van der Waals surface area contributed by atoms with E-state index >= 15 is 0 Å². The average Bonchev–Trinajstić information content (AvgIpc) is 3.12. The summed E-state index contributed by atoms with van der Waals surface area (Å²) in [5, 5.41) is 11.1. The van der Waals surface area contributed by atoms with E-state index in [1.807, 2.05) is 42.5 Å². The zero-order valence-corrected chi connectivity index (χ0v) is 15.8. The number of benzene rings is 2. The molecule has 0 aliphatic carbocycles. The van der Waals surface area contributed by atoms with Crippen LogP contribution in [0, 0.1) is 0 Å². The Morgan fingerprint density at radius 1 is 1.11 bits per heavy atom. The molecule has 1 heterocycles. The average molecular weight is 385 g/mol. The van der Waals surface area contributed by atoms with Gasteiger partial charge in [0.05, 0.1) is 26.2 Å². The number of ether oxygens (including phenoxy) is 3. The summed E-state index contributed by atoms with van der Waals surface area (Å²) >= 11 is 1.33. The lowest BCUT2D eigenvalue weighted by Gasteiger charge is -2.11. The molecule has 2 aromatic carbocycles. The second-order valence-electron chi connectivity index (χ2n) is 5.53. The summed E-state index contributed by atoms with van der Waals surface area (Å²) in [5.41, 5.74) is 1.83. The van der Waals surface area contributed by atoms with Crippen LogP contribution >= 0.6 is 11.8 Å². The molecule has 0 aromatic heterocycles. The van der Waals surface area contributed by atoms with Crippen molar-refractivity contribution in [3.05, 3.63) is 53.6 Å². The fraction of sp³-hybridized carbons (Fsp3) is 0.211. The van der Waals surface area contributed by atoms with Gasteiger partial charge in [-0.2, -0.15) is 5.10 Å². The van der Waals surface area contributed by atoms with Crippen molar-refractivity contribution in [2.75, 3.05) is 20.0 Å². The maximum atomic E-state index is 11.1. The minimum atomic E-state index is -0.0611. The summed E-state index contributed by atoms with van der Waals surface area (Å²) in [6, 6.07) is 13.2. The van der Waals surface area contributed by atoms with Gasteiger partial charge in [0.15, 0.2) is 16.7 Å². The van der Waals surface area contributed by atoms with Crippen LogP contribution in [0.25, 0.3) is 0 Å². The molecule has 0 atom stereocenters. The van der Waals surface area contributed by atoms with E-state index in [9.17, 15) is 4.79 Å². The first-order valence-corrected chi connectivity index (χ1v) is 9.14. The number of hydrogen-bond acceptors (Lipinski definition) is 7. The van der Waals surface area contributed by atoms with Gasteiger partial charge in [0.1, 0.15) is 12.4 Å². The van der Waals surface area contributed by atoms with Gasteiger partial charge in [0.2, 0.25) is 5.91 Å². The smallest absolute Gasteiger partial charge is 0.236 e. The Labute approximate surface area is 161 Å². The third kappa shape index (κ3) is 5.24. The van der Waals surface area contributed by atoms with Gasteiger partial charge in [0, 0.05) is 0 Å². The number of carbonyl (C=O) groups excluding carboxylic acids is 1. The Morgan fingerprint density at radius 3 is 2.59 bits per heavy atom. The molecule has 140 valence electrons. The number of hydrogen-bond donors (Lipinski definition) is 1. The molecule has 0 spiro atoms. The van der Waals surface area contributed by atoms with Crippen LogP contribution in [0.3, 0.4) is 0 Å². The highest BCUT2D eigenvalue weighted by Gasteiger charge is 2.15. The van der Waals surface area contributed by atoms with E-state index in [4.69, 9.17) is 14.2 Å². The topological polar surface area (TPSA) is 81.5 Å². The highest BCUT2D eigenvalue weighted by atomic mass is 32.2. The molecule has 2 aromatic rings. The minimum absolute atomic E-state index is 0.0611. The Balaban J connectivity index is 1.63. The summed E-state index contributed by atoms with van der Waals surface area (Å²) in [4.78, 5) is 11.1. The number of amidine groups is 1. The summed E-state index contributed by atoms with van der Waals surface area (Å²) in [6.07, 6.45) is 1.59. The molecule has 0 saturated carbocycles. The lowest BCUT2D eigenvalue weighted by molar-refractivity contribution is -0.116. The van der Waals surface area contributed by atoms with Gasteiger partial charge in [-0.15, -0.1) is 5.10 Å². The maximum absolute atomic E-state index is 11.1. The Bertz CT molecular complexity index is 866. The first-order valence-electron chi connectivity index (χ1n) is 8.15. The zero-order chi connectivity index (χ0) is 19.1. The molecule has 1 fully saturated rings. The predicted molar refractivity (Wildman–Crippen MR) is 106 cm³/mol. The summed E-state index contributed by atoms with van der Waals surface area (Å²) < 4.78 is 16.4. The molecular weight excluding hydrogens is 366 g/mol. The molecule has 8 heteroatoms. The first kappa shape index (κ1) is 18.8. The van der Waals surface area contributed by atoms with E-state index in [0.717, 1.165) is 16.9 Å². The van der Waals surface area contributed by atoms with E-state index in [1.54, 1.807) is 20.4 Å². The zero-order valence-electron chi connectivity index (χ0n) is 15.0. The number of thioether (sulfide) groups is 1. The van der Waals surface area contributed by atoms with E-state index in [-0.39, 0.29) is 5.91 Å². The lowest BCUT2D eigenvalue weighted by Crippen LogP contribution is -2.19. The lowest BCUT2D eigenvalue weighted by atomic mass is 10.2. The molecule has 1 saturated heterocycles. The van der Waals surface area contributed by atoms with Crippen LogP contribution in [0.5, 0.6) is 17.2 Å². The number of nitrogens with one attached hydrogen (secondary N) is 1. The molecule has 1 aliphatic heterocycles. The SMILES string of the molecule is COc1ccc(COc2ccc(C=NN=C3NC(=O)CS3)cc2OC)cc1. The van der Waals surface area contributed by atoms with Crippen LogP contribution in [0.1, 0.15) is 11.1 Å². The molecule has 27 heavy (non-hydrogen) atoms. The number of methoxy groups -OCH3 is 2. The number of carbonyl (C=O) groups is 1. The number of nitrogens with zero attached hydrogens (tertiary/aromatic N) is 2. The quantitative estimate of drug-likeness (QED) is 0.585. The summed E-state index contributed by atoms with van der Waals surface area (Å²) in [6.45, 7) is 0.415. The molecular formula is C19H19N3O4S. The number of amides is 1. The van der Waals surface area contributed by atoms with Crippen LogP contribution in [-0.4, -0.2) is 37.3 Å². The molecule has 3 rings (SSSR count). The fourth-order valence-corrected chi connectivity index (χ4v) is 2.92. The van der Waals surface area contributed by atoms with E-state index in [2.05, 4.69) is 15.5 Å². The van der Waals surface area contributed by atoms with Crippen LogP contribution in [0.4, 0.5) is 0 Å². The third-order valence-electron chi connectivity index (χ3n) is 3.68. The normalized spacial score (nSPS) is 15.2. The van der Waals surface area contributed by atoms with Gasteiger partial charge in [-0.1, -0.05) is 23.9 Å². The van der Waals surface area contributed by atoms with Gasteiger partial charge >= 0.3 is 0 Å². The van der Waals surface area contributed by atoms with E-state index in [0.29, 0.717) is 29.0 Å². The predicted octanol–water partition coefficient (Wildman–Crippen LogP) is 2.84. The van der Waals surface area contributed by atoms with Crippen molar-refractivity contribution in [2.24, 2.45) is 10.2 Å². The molecule has 0 bridgehead atoms. The van der Waals surface area contributed by atoms with Crippen LogP contribution in [0.15, 0.2) is 52.7 Å². The molecule has 0 unspecified atom stereocenters. The van der Waals surface area contributed by atoms with Crippen LogP contribution < -0.4 is 19.5 Å². The largest absolute Gasteiger partial charge is 0.497 e.